The van der Waals surface area contributed by atoms with Crippen molar-refractivity contribution in [1.82, 2.24) is 5.32 Å². The second-order valence-corrected chi connectivity index (χ2v) is 4.32. The molecule has 1 aromatic carbocycles. The van der Waals surface area contributed by atoms with Gasteiger partial charge in [-0.05, 0) is 24.6 Å². The van der Waals surface area contributed by atoms with Crippen molar-refractivity contribution >= 4 is 5.97 Å². The maximum absolute atomic E-state index is 11.0. The molecule has 0 aromatic heterocycles. The van der Waals surface area contributed by atoms with Crippen LogP contribution in [-0.4, -0.2) is 29.8 Å². The van der Waals surface area contributed by atoms with Gasteiger partial charge in [0, 0.05) is 12.6 Å². The maximum Gasteiger partial charge on any atom is 0.346 e. The number of aliphatic carboxylic acids is 1. The molecule has 1 aromatic rings. The molecule has 0 aliphatic heterocycles. The molecule has 0 aliphatic rings. The molecule has 17 heavy (non-hydrogen) atoms. The molecule has 1 unspecified atom stereocenters. The number of benzene rings is 1. The topological polar surface area (TPSA) is 58.6 Å². The Morgan fingerprint density at radius 2 is 2.18 bits per heavy atom. The number of hydrogen-bond donors (Lipinski definition) is 2. The van der Waals surface area contributed by atoms with Gasteiger partial charge in [-0.15, -0.1) is 0 Å². The Morgan fingerprint density at radius 3 is 2.71 bits per heavy atom. The molecule has 94 valence electrons. The molecular weight excluding hydrogens is 218 g/mol. The summed E-state index contributed by atoms with van der Waals surface area (Å²) in [7, 11) is 0. The fourth-order valence-electron chi connectivity index (χ4n) is 1.38. The minimum Gasteiger partial charge on any atom is -0.478 e. The van der Waals surface area contributed by atoms with Crippen molar-refractivity contribution < 1.29 is 14.6 Å². The highest BCUT2D eigenvalue weighted by atomic mass is 16.5. The molecule has 0 fully saturated rings. The van der Waals surface area contributed by atoms with Crippen LogP contribution in [0.4, 0.5) is 0 Å². The predicted molar refractivity (Wildman–Crippen MR) is 66.4 cm³/mol. The second kappa shape index (κ2) is 6.25. The Bertz CT molecular complexity index is 377. The van der Waals surface area contributed by atoms with Gasteiger partial charge in [0.05, 0.1) is 0 Å². The fraction of sp³-hybridized carbons (Fsp3) is 0.462. The smallest absolute Gasteiger partial charge is 0.346 e. The molecule has 0 saturated carbocycles. The van der Waals surface area contributed by atoms with Gasteiger partial charge in [0.25, 0.3) is 0 Å². The van der Waals surface area contributed by atoms with E-state index in [2.05, 4.69) is 5.32 Å². The molecule has 4 heteroatoms. The molecule has 0 aliphatic carbocycles. The summed E-state index contributed by atoms with van der Waals surface area (Å²) in [5.74, 6) is -0.373. The maximum atomic E-state index is 11.0. The van der Waals surface area contributed by atoms with Crippen molar-refractivity contribution in [1.29, 1.82) is 0 Å². The highest BCUT2D eigenvalue weighted by molar-refractivity contribution is 5.73. The Hall–Kier alpha value is -1.55. The zero-order valence-corrected chi connectivity index (χ0v) is 10.4. The quantitative estimate of drug-likeness (QED) is 0.792. The van der Waals surface area contributed by atoms with Gasteiger partial charge < -0.3 is 15.2 Å². The summed E-state index contributed by atoms with van der Waals surface area (Å²) in [6, 6.07) is 7.61. The third-order valence-corrected chi connectivity index (χ3v) is 2.25. The number of ether oxygens (including phenoxy) is 1. The first-order valence-corrected chi connectivity index (χ1v) is 5.68. The lowest BCUT2D eigenvalue weighted by Crippen LogP contribution is -2.40. The van der Waals surface area contributed by atoms with Crippen LogP contribution in [0.25, 0.3) is 0 Å². The first kappa shape index (κ1) is 13.5. The molecule has 0 bridgehead atoms. The van der Waals surface area contributed by atoms with E-state index in [1.807, 2.05) is 39.0 Å². The van der Waals surface area contributed by atoms with Crippen LogP contribution in [0.3, 0.4) is 0 Å². The van der Waals surface area contributed by atoms with Crippen LogP contribution in [0.1, 0.15) is 19.4 Å². The van der Waals surface area contributed by atoms with Gasteiger partial charge in [0.1, 0.15) is 5.75 Å². The minimum atomic E-state index is -0.959. The molecule has 0 radical (unpaired) electrons. The van der Waals surface area contributed by atoms with Crippen molar-refractivity contribution in [2.45, 2.75) is 32.9 Å². The average Bonchev–Trinajstić information content (AvgIpc) is 2.23. The number of nitrogens with one attached hydrogen (secondary N) is 1. The molecule has 0 spiro atoms. The number of carboxylic acid groups (broad SMARTS) is 1. The molecule has 2 N–H and O–H groups in total. The minimum absolute atomic E-state index is 0.234. The van der Waals surface area contributed by atoms with Crippen LogP contribution in [0.15, 0.2) is 24.3 Å². The molecule has 4 nitrogen and oxygen atoms in total. The summed E-state index contributed by atoms with van der Waals surface area (Å²) < 4.78 is 5.45. The van der Waals surface area contributed by atoms with Crippen molar-refractivity contribution in [3.63, 3.8) is 0 Å². The van der Waals surface area contributed by atoms with Crippen molar-refractivity contribution in [2.24, 2.45) is 0 Å². The summed E-state index contributed by atoms with van der Waals surface area (Å²) in [5, 5.41) is 12.1. The zero-order valence-electron chi connectivity index (χ0n) is 10.4. The first-order chi connectivity index (χ1) is 7.99. The first-order valence-electron chi connectivity index (χ1n) is 5.68. The van der Waals surface area contributed by atoms with E-state index in [0.717, 1.165) is 5.56 Å². The lowest BCUT2D eigenvalue weighted by molar-refractivity contribution is -0.144. The standard InChI is InChI=1S/C13H19NO3/c1-9(2)14-8-12(13(15)16)17-11-6-4-5-10(3)7-11/h4-7,9,12,14H,8H2,1-3H3,(H,15,16). The van der Waals surface area contributed by atoms with Crippen LogP contribution in [-0.2, 0) is 4.79 Å². The number of rotatable bonds is 6. The van der Waals surface area contributed by atoms with Gasteiger partial charge in [-0.25, -0.2) is 4.79 Å². The van der Waals surface area contributed by atoms with E-state index in [-0.39, 0.29) is 6.04 Å². The monoisotopic (exact) mass is 237 g/mol. The second-order valence-electron chi connectivity index (χ2n) is 4.32. The van der Waals surface area contributed by atoms with Gasteiger partial charge in [-0.3, -0.25) is 0 Å². The predicted octanol–water partition coefficient (Wildman–Crippen LogP) is 1.83. The number of carboxylic acids is 1. The summed E-state index contributed by atoms with van der Waals surface area (Å²) >= 11 is 0. The average molecular weight is 237 g/mol. The van der Waals surface area contributed by atoms with Crippen LogP contribution in [0.2, 0.25) is 0 Å². The Kier molecular flexibility index (Phi) is 4.97. The van der Waals surface area contributed by atoms with Crippen LogP contribution < -0.4 is 10.1 Å². The highest BCUT2D eigenvalue weighted by Gasteiger charge is 2.19. The molecule has 0 heterocycles. The van der Waals surface area contributed by atoms with E-state index in [1.54, 1.807) is 6.07 Å². The van der Waals surface area contributed by atoms with E-state index in [4.69, 9.17) is 9.84 Å². The van der Waals surface area contributed by atoms with E-state index in [0.29, 0.717) is 12.3 Å². The van der Waals surface area contributed by atoms with Gasteiger partial charge in [-0.2, -0.15) is 0 Å². The SMILES string of the molecule is Cc1cccc(OC(CNC(C)C)C(=O)O)c1. The largest absolute Gasteiger partial charge is 0.478 e. The number of aryl methyl sites for hydroxylation is 1. The zero-order chi connectivity index (χ0) is 12.8. The molecule has 1 atom stereocenters. The molecule has 0 saturated heterocycles. The lowest BCUT2D eigenvalue weighted by atomic mass is 10.2. The van der Waals surface area contributed by atoms with E-state index in [9.17, 15) is 4.79 Å². The van der Waals surface area contributed by atoms with Crippen LogP contribution >= 0.6 is 0 Å². The van der Waals surface area contributed by atoms with Crippen molar-refractivity contribution in [3.05, 3.63) is 29.8 Å². The normalized spacial score (nSPS) is 12.5. The summed E-state index contributed by atoms with van der Waals surface area (Å²) in [4.78, 5) is 11.0. The van der Waals surface area contributed by atoms with Gasteiger partial charge in [0.2, 0.25) is 6.10 Å². The third-order valence-electron chi connectivity index (χ3n) is 2.25. The molecule has 1 rings (SSSR count). The van der Waals surface area contributed by atoms with E-state index < -0.39 is 12.1 Å². The van der Waals surface area contributed by atoms with Crippen molar-refractivity contribution in [3.8, 4) is 5.75 Å². The van der Waals surface area contributed by atoms with E-state index >= 15 is 0 Å². The van der Waals surface area contributed by atoms with Gasteiger partial charge in [-0.1, -0.05) is 26.0 Å². The number of carbonyl (C=O) groups is 1. The lowest BCUT2D eigenvalue weighted by Gasteiger charge is -2.17. The third kappa shape index (κ3) is 4.87. The Labute approximate surface area is 102 Å². The van der Waals surface area contributed by atoms with Crippen LogP contribution in [0.5, 0.6) is 5.75 Å². The molecule has 0 amide bonds. The number of hydrogen-bond acceptors (Lipinski definition) is 3. The van der Waals surface area contributed by atoms with Gasteiger partial charge in [0.15, 0.2) is 0 Å². The highest BCUT2D eigenvalue weighted by Crippen LogP contribution is 2.14. The summed E-state index contributed by atoms with van der Waals surface area (Å²) in [6.07, 6.45) is -0.862. The molecular formula is C13H19NO3. The Morgan fingerprint density at radius 1 is 1.47 bits per heavy atom. The van der Waals surface area contributed by atoms with Crippen molar-refractivity contribution in [2.75, 3.05) is 6.54 Å². The fourth-order valence-corrected chi connectivity index (χ4v) is 1.38. The summed E-state index contributed by atoms with van der Waals surface area (Å²) in [5.41, 5.74) is 1.04. The summed E-state index contributed by atoms with van der Waals surface area (Å²) in [6.45, 7) is 6.16. The van der Waals surface area contributed by atoms with Crippen LogP contribution in [0, 0.1) is 6.92 Å². The Balaban J connectivity index is 2.63. The van der Waals surface area contributed by atoms with E-state index in [1.165, 1.54) is 0 Å². The van der Waals surface area contributed by atoms with Gasteiger partial charge >= 0.3 is 5.97 Å².